The predicted octanol–water partition coefficient (Wildman–Crippen LogP) is 2.49. The van der Waals surface area contributed by atoms with Crippen molar-refractivity contribution in [3.63, 3.8) is 0 Å². The van der Waals surface area contributed by atoms with Crippen LogP contribution in [0.25, 0.3) is 0 Å². The minimum absolute atomic E-state index is 0.0977. The number of nitrogens with zero attached hydrogens (tertiary/aromatic N) is 1. The van der Waals surface area contributed by atoms with Gasteiger partial charge < -0.3 is 4.74 Å². The van der Waals surface area contributed by atoms with Crippen molar-refractivity contribution in [1.82, 2.24) is 4.90 Å². The number of rotatable bonds is 7. The van der Waals surface area contributed by atoms with E-state index >= 15 is 0 Å². The third-order valence-electron chi connectivity index (χ3n) is 4.23. The molecule has 2 atom stereocenters. The first-order valence-electron chi connectivity index (χ1n) is 6.84. The standard InChI is InChI=1S/C14H27NO2/c1-5-14(3,15-9-6-7-10-15)13(16)12(2)8-11-17-4/h12H,5-11H2,1-4H3. The fourth-order valence-electron chi connectivity index (χ4n) is 2.72. The van der Waals surface area contributed by atoms with Crippen LogP contribution in [-0.2, 0) is 9.53 Å². The van der Waals surface area contributed by atoms with Crippen LogP contribution in [0.15, 0.2) is 0 Å². The van der Waals surface area contributed by atoms with Crippen LogP contribution in [0, 0.1) is 5.92 Å². The SMILES string of the molecule is CCC(C)(C(=O)C(C)CCOC)N1CCCC1. The summed E-state index contributed by atoms with van der Waals surface area (Å²) in [5, 5.41) is 0. The van der Waals surface area contributed by atoms with E-state index in [0.29, 0.717) is 12.4 Å². The molecule has 1 rings (SSSR count). The molecule has 2 unspecified atom stereocenters. The molecule has 0 aliphatic carbocycles. The molecule has 0 spiro atoms. The molecule has 0 N–H and O–H groups in total. The summed E-state index contributed by atoms with van der Waals surface area (Å²) in [6.07, 6.45) is 4.20. The van der Waals surface area contributed by atoms with E-state index in [-0.39, 0.29) is 11.5 Å². The zero-order valence-corrected chi connectivity index (χ0v) is 11.8. The van der Waals surface area contributed by atoms with E-state index in [1.54, 1.807) is 7.11 Å². The fraction of sp³-hybridized carbons (Fsp3) is 0.929. The molecule has 0 saturated carbocycles. The van der Waals surface area contributed by atoms with Gasteiger partial charge in [-0.3, -0.25) is 9.69 Å². The monoisotopic (exact) mass is 241 g/mol. The summed E-state index contributed by atoms with van der Waals surface area (Å²) < 4.78 is 5.07. The average molecular weight is 241 g/mol. The Kier molecular flexibility index (Phi) is 5.60. The average Bonchev–Trinajstić information content (AvgIpc) is 2.88. The summed E-state index contributed by atoms with van der Waals surface area (Å²) in [6, 6.07) is 0. The lowest BCUT2D eigenvalue weighted by Gasteiger charge is -2.38. The van der Waals surface area contributed by atoms with Crippen molar-refractivity contribution in [2.45, 2.75) is 52.0 Å². The number of hydrogen-bond donors (Lipinski definition) is 0. The Labute approximate surface area is 106 Å². The Morgan fingerprint density at radius 1 is 1.41 bits per heavy atom. The van der Waals surface area contributed by atoms with E-state index < -0.39 is 0 Å². The maximum atomic E-state index is 12.6. The molecular weight excluding hydrogens is 214 g/mol. The minimum atomic E-state index is -0.260. The van der Waals surface area contributed by atoms with E-state index in [1.165, 1.54) is 12.8 Å². The predicted molar refractivity (Wildman–Crippen MR) is 70.2 cm³/mol. The van der Waals surface area contributed by atoms with Gasteiger partial charge in [0, 0.05) is 19.6 Å². The third-order valence-corrected chi connectivity index (χ3v) is 4.23. The van der Waals surface area contributed by atoms with Gasteiger partial charge in [-0.05, 0) is 45.7 Å². The smallest absolute Gasteiger partial charge is 0.155 e. The lowest BCUT2D eigenvalue weighted by Crippen LogP contribution is -2.52. The summed E-state index contributed by atoms with van der Waals surface area (Å²) in [4.78, 5) is 15.0. The van der Waals surface area contributed by atoms with E-state index in [4.69, 9.17) is 4.74 Å². The molecular formula is C14H27NO2. The molecule has 1 saturated heterocycles. The van der Waals surface area contributed by atoms with E-state index in [0.717, 1.165) is 25.9 Å². The lowest BCUT2D eigenvalue weighted by molar-refractivity contribution is -0.134. The summed E-state index contributed by atoms with van der Waals surface area (Å²) in [5.41, 5.74) is -0.260. The van der Waals surface area contributed by atoms with Gasteiger partial charge in [0.05, 0.1) is 5.54 Å². The highest BCUT2D eigenvalue weighted by Crippen LogP contribution is 2.28. The van der Waals surface area contributed by atoms with Gasteiger partial charge in [-0.2, -0.15) is 0 Å². The van der Waals surface area contributed by atoms with Gasteiger partial charge >= 0.3 is 0 Å². The zero-order valence-electron chi connectivity index (χ0n) is 11.8. The molecule has 0 aromatic heterocycles. The quantitative estimate of drug-likeness (QED) is 0.686. The Hall–Kier alpha value is -0.410. The highest BCUT2D eigenvalue weighted by Gasteiger charge is 2.40. The minimum Gasteiger partial charge on any atom is -0.385 e. The molecule has 3 heteroatoms. The van der Waals surface area contributed by atoms with Gasteiger partial charge in [0.15, 0.2) is 5.78 Å². The molecule has 1 fully saturated rings. The number of carbonyl (C=O) groups is 1. The maximum Gasteiger partial charge on any atom is 0.155 e. The number of ketones is 1. The fourth-order valence-corrected chi connectivity index (χ4v) is 2.72. The van der Waals surface area contributed by atoms with Crippen LogP contribution in [0.1, 0.15) is 46.5 Å². The second kappa shape index (κ2) is 6.50. The number of methoxy groups -OCH3 is 1. The molecule has 1 heterocycles. The number of hydrogen-bond acceptors (Lipinski definition) is 3. The highest BCUT2D eigenvalue weighted by molar-refractivity contribution is 5.89. The first-order valence-corrected chi connectivity index (χ1v) is 6.84. The first-order chi connectivity index (χ1) is 8.06. The van der Waals surface area contributed by atoms with Gasteiger partial charge in [0.25, 0.3) is 0 Å². The van der Waals surface area contributed by atoms with Crippen LogP contribution in [0.5, 0.6) is 0 Å². The molecule has 100 valence electrons. The second-order valence-corrected chi connectivity index (χ2v) is 5.37. The van der Waals surface area contributed by atoms with Crippen LogP contribution in [0.2, 0.25) is 0 Å². The normalized spacial score (nSPS) is 22.4. The second-order valence-electron chi connectivity index (χ2n) is 5.37. The highest BCUT2D eigenvalue weighted by atomic mass is 16.5. The molecule has 0 amide bonds. The third kappa shape index (κ3) is 3.29. The topological polar surface area (TPSA) is 29.5 Å². The molecule has 0 aromatic carbocycles. The Bertz CT molecular complexity index is 249. The van der Waals surface area contributed by atoms with Crippen LogP contribution in [-0.4, -0.2) is 43.0 Å². The van der Waals surface area contributed by atoms with Crippen molar-refractivity contribution < 1.29 is 9.53 Å². The number of likely N-dealkylation sites (tertiary alicyclic amines) is 1. The largest absolute Gasteiger partial charge is 0.385 e. The molecule has 0 aromatic rings. The van der Waals surface area contributed by atoms with Crippen molar-refractivity contribution in [3.05, 3.63) is 0 Å². The number of carbonyl (C=O) groups excluding carboxylic acids is 1. The molecule has 3 nitrogen and oxygen atoms in total. The molecule has 1 aliphatic heterocycles. The van der Waals surface area contributed by atoms with Crippen LogP contribution >= 0.6 is 0 Å². The summed E-state index contributed by atoms with van der Waals surface area (Å²) >= 11 is 0. The van der Waals surface area contributed by atoms with Crippen molar-refractivity contribution in [3.8, 4) is 0 Å². The Morgan fingerprint density at radius 3 is 2.47 bits per heavy atom. The van der Waals surface area contributed by atoms with Crippen molar-refractivity contribution >= 4 is 5.78 Å². The summed E-state index contributed by atoms with van der Waals surface area (Å²) in [6.45, 7) is 9.10. The van der Waals surface area contributed by atoms with Crippen molar-refractivity contribution in [1.29, 1.82) is 0 Å². The first kappa shape index (κ1) is 14.7. The Balaban J connectivity index is 2.67. The molecule has 1 aliphatic rings. The van der Waals surface area contributed by atoms with E-state index in [9.17, 15) is 4.79 Å². The molecule has 0 radical (unpaired) electrons. The van der Waals surface area contributed by atoms with Crippen LogP contribution in [0.3, 0.4) is 0 Å². The Morgan fingerprint density at radius 2 is 2.00 bits per heavy atom. The number of Topliss-reactive ketones (excluding diaryl/α,β-unsaturated/α-hetero) is 1. The van der Waals surface area contributed by atoms with Gasteiger partial charge in [-0.15, -0.1) is 0 Å². The lowest BCUT2D eigenvalue weighted by atomic mass is 9.83. The van der Waals surface area contributed by atoms with E-state index in [2.05, 4.69) is 18.7 Å². The zero-order chi connectivity index (χ0) is 12.9. The van der Waals surface area contributed by atoms with Crippen molar-refractivity contribution in [2.75, 3.05) is 26.8 Å². The van der Waals surface area contributed by atoms with Gasteiger partial charge in [0.2, 0.25) is 0 Å². The van der Waals surface area contributed by atoms with Gasteiger partial charge in [-0.1, -0.05) is 13.8 Å². The molecule has 17 heavy (non-hydrogen) atoms. The van der Waals surface area contributed by atoms with Gasteiger partial charge in [-0.25, -0.2) is 0 Å². The number of ether oxygens (including phenoxy) is 1. The van der Waals surface area contributed by atoms with Gasteiger partial charge in [0.1, 0.15) is 0 Å². The summed E-state index contributed by atoms with van der Waals surface area (Å²) in [7, 11) is 1.69. The van der Waals surface area contributed by atoms with Crippen LogP contribution < -0.4 is 0 Å². The van der Waals surface area contributed by atoms with Crippen LogP contribution in [0.4, 0.5) is 0 Å². The summed E-state index contributed by atoms with van der Waals surface area (Å²) in [5.74, 6) is 0.486. The van der Waals surface area contributed by atoms with E-state index in [1.807, 2.05) is 6.92 Å². The maximum absolute atomic E-state index is 12.6. The van der Waals surface area contributed by atoms with Crippen molar-refractivity contribution in [2.24, 2.45) is 5.92 Å². The molecule has 0 bridgehead atoms.